The fourth-order valence-electron chi connectivity index (χ4n) is 2.49. The van der Waals surface area contributed by atoms with Crippen LogP contribution in [-0.2, 0) is 4.79 Å². The number of aryl methyl sites for hydroxylation is 2. The molecule has 3 rings (SSSR count). The lowest BCUT2D eigenvalue weighted by Gasteiger charge is -2.08. The van der Waals surface area contributed by atoms with Gasteiger partial charge in [-0.1, -0.05) is 23.8 Å². The van der Waals surface area contributed by atoms with E-state index in [1.165, 1.54) is 17.6 Å². The van der Waals surface area contributed by atoms with Gasteiger partial charge in [-0.15, -0.1) is 11.3 Å². The maximum absolute atomic E-state index is 11.9. The molecule has 1 N–H and O–H groups in total. The van der Waals surface area contributed by atoms with Gasteiger partial charge in [-0.3, -0.25) is 4.79 Å². The first-order valence-electron chi connectivity index (χ1n) is 8.89. The summed E-state index contributed by atoms with van der Waals surface area (Å²) in [7, 11) is 0. The third-order valence-electron chi connectivity index (χ3n) is 3.91. The highest BCUT2D eigenvalue weighted by Crippen LogP contribution is 2.18. The monoisotopic (exact) mass is 408 g/mol. The Bertz CT molecular complexity index is 1010. The molecule has 0 saturated heterocycles. The van der Waals surface area contributed by atoms with Gasteiger partial charge in [0.25, 0.3) is 5.91 Å². The van der Waals surface area contributed by atoms with Gasteiger partial charge in [0.1, 0.15) is 16.4 Å². The number of hydrazone groups is 1. The second-order valence-electron chi connectivity index (χ2n) is 6.29. The quantitative estimate of drug-likeness (QED) is 0.276. The first-order valence-corrected chi connectivity index (χ1v) is 9.77. The number of hydrogen-bond acceptors (Lipinski definition) is 6. The van der Waals surface area contributed by atoms with Gasteiger partial charge in [-0.25, -0.2) is 10.2 Å². The zero-order valence-corrected chi connectivity index (χ0v) is 16.9. The van der Waals surface area contributed by atoms with Crippen molar-refractivity contribution in [2.45, 2.75) is 13.8 Å². The van der Waals surface area contributed by atoms with Gasteiger partial charge in [0.15, 0.2) is 6.61 Å². The number of carbonyl (C=O) groups is 2. The van der Waals surface area contributed by atoms with Crippen molar-refractivity contribution in [3.63, 3.8) is 0 Å². The highest BCUT2D eigenvalue weighted by atomic mass is 32.1. The summed E-state index contributed by atoms with van der Waals surface area (Å²) in [5.41, 5.74) is 5.27. The third kappa shape index (κ3) is 6.02. The van der Waals surface area contributed by atoms with Crippen LogP contribution in [0.2, 0.25) is 0 Å². The van der Waals surface area contributed by atoms with Crippen LogP contribution in [0.5, 0.6) is 11.5 Å². The van der Waals surface area contributed by atoms with Crippen molar-refractivity contribution in [1.29, 1.82) is 0 Å². The van der Waals surface area contributed by atoms with Crippen LogP contribution in [0.1, 0.15) is 26.4 Å². The molecule has 0 saturated carbocycles. The normalized spacial score (nSPS) is 10.7. The molecule has 0 aliphatic heterocycles. The molecule has 0 radical (unpaired) electrons. The highest BCUT2D eigenvalue weighted by Gasteiger charge is 2.09. The van der Waals surface area contributed by atoms with Crippen LogP contribution in [0.25, 0.3) is 0 Å². The lowest BCUT2D eigenvalue weighted by molar-refractivity contribution is -0.123. The summed E-state index contributed by atoms with van der Waals surface area (Å²) in [6.07, 6.45) is 1.50. The second-order valence-corrected chi connectivity index (χ2v) is 7.23. The topological polar surface area (TPSA) is 77.0 Å². The molecular formula is C22H20N2O4S. The number of carbonyl (C=O) groups excluding carboxylic acids is 2. The van der Waals surface area contributed by atoms with Gasteiger partial charge in [-0.05, 0) is 66.8 Å². The molecule has 0 fully saturated rings. The second kappa shape index (κ2) is 9.66. The minimum absolute atomic E-state index is 0.126. The van der Waals surface area contributed by atoms with Crippen molar-refractivity contribution in [3.8, 4) is 11.5 Å². The molecule has 0 aliphatic rings. The van der Waals surface area contributed by atoms with Crippen LogP contribution in [0.3, 0.4) is 0 Å². The molecule has 1 amide bonds. The Kier molecular flexibility index (Phi) is 6.76. The van der Waals surface area contributed by atoms with Gasteiger partial charge in [-0.2, -0.15) is 5.10 Å². The fourth-order valence-corrected chi connectivity index (χ4v) is 3.09. The zero-order chi connectivity index (χ0) is 20.6. The SMILES string of the molecule is Cc1ccc(OCC(=O)N/N=C/c2ccc(OC(=O)c3cccs3)cc2)c(C)c1. The maximum atomic E-state index is 11.9. The Morgan fingerprint density at radius 3 is 2.59 bits per heavy atom. The fraction of sp³-hybridized carbons (Fsp3) is 0.136. The molecule has 1 heterocycles. The van der Waals surface area contributed by atoms with Crippen LogP contribution < -0.4 is 14.9 Å². The number of hydrogen-bond donors (Lipinski definition) is 1. The summed E-state index contributed by atoms with van der Waals surface area (Å²) >= 11 is 1.32. The van der Waals surface area contributed by atoms with E-state index in [2.05, 4.69) is 10.5 Å². The maximum Gasteiger partial charge on any atom is 0.353 e. The number of esters is 1. The van der Waals surface area contributed by atoms with E-state index in [1.54, 1.807) is 36.4 Å². The van der Waals surface area contributed by atoms with Crippen LogP contribution in [0.15, 0.2) is 65.1 Å². The molecule has 1 aromatic heterocycles. The average Bonchev–Trinajstić information content (AvgIpc) is 3.24. The first kappa shape index (κ1) is 20.3. The molecule has 2 aromatic carbocycles. The van der Waals surface area contributed by atoms with Crippen LogP contribution in [0.4, 0.5) is 0 Å². The molecule has 0 bridgehead atoms. The van der Waals surface area contributed by atoms with E-state index in [9.17, 15) is 9.59 Å². The Labute approximate surface area is 172 Å². The molecule has 0 spiro atoms. The third-order valence-corrected chi connectivity index (χ3v) is 4.75. The molecule has 0 atom stereocenters. The lowest BCUT2D eigenvalue weighted by Crippen LogP contribution is -2.24. The summed E-state index contributed by atoms with van der Waals surface area (Å²) in [6.45, 7) is 3.80. The van der Waals surface area contributed by atoms with E-state index in [0.29, 0.717) is 16.4 Å². The van der Waals surface area contributed by atoms with Crippen molar-refractivity contribution in [2.24, 2.45) is 5.10 Å². The van der Waals surface area contributed by atoms with Gasteiger partial charge < -0.3 is 9.47 Å². The molecule has 6 nitrogen and oxygen atoms in total. The molecule has 3 aromatic rings. The summed E-state index contributed by atoms with van der Waals surface area (Å²) < 4.78 is 10.8. The van der Waals surface area contributed by atoms with E-state index in [-0.39, 0.29) is 12.5 Å². The molecule has 148 valence electrons. The van der Waals surface area contributed by atoms with Crippen molar-refractivity contribution < 1.29 is 19.1 Å². The van der Waals surface area contributed by atoms with Gasteiger partial charge in [0, 0.05) is 0 Å². The Hall–Kier alpha value is -3.45. The molecule has 0 aliphatic carbocycles. The minimum Gasteiger partial charge on any atom is -0.483 e. The van der Waals surface area contributed by atoms with Gasteiger partial charge in [0.2, 0.25) is 0 Å². The van der Waals surface area contributed by atoms with Crippen LogP contribution >= 0.6 is 11.3 Å². The zero-order valence-electron chi connectivity index (χ0n) is 16.0. The van der Waals surface area contributed by atoms with E-state index < -0.39 is 5.97 Å². The summed E-state index contributed by atoms with van der Waals surface area (Å²) in [4.78, 5) is 24.3. The standard InChI is InChI=1S/C22H20N2O4S/c1-15-5-10-19(16(2)12-15)27-14-21(25)24-23-13-17-6-8-18(9-7-17)28-22(26)20-4-3-11-29-20/h3-13H,14H2,1-2H3,(H,24,25)/b23-13+. The Morgan fingerprint density at radius 2 is 1.90 bits per heavy atom. The Balaban J connectivity index is 1.46. The number of nitrogens with zero attached hydrogens (tertiary/aromatic N) is 1. The number of thiophene rings is 1. The van der Waals surface area contributed by atoms with Crippen molar-refractivity contribution in [3.05, 3.63) is 81.5 Å². The van der Waals surface area contributed by atoms with Crippen LogP contribution in [0, 0.1) is 13.8 Å². The molecule has 7 heteroatoms. The van der Waals surface area contributed by atoms with Gasteiger partial charge >= 0.3 is 5.97 Å². The van der Waals surface area contributed by atoms with E-state index in [0.717, 1.165) is 16.7 Å². The minimum atomic E-state index is -0.391. The molecule has 29 heavy (non-hydrogen) atoms. The number of ether oxygens (including phenoxy) is 2. The Morgan fingerprint density at radius 1 is 1.10 bits per heavy atom. The van der Waals surface area contributed by atoms with Crippen molar-refractivity contribution >= 4 is 29.4 Å². The van der Waals surface area contributed by atoms with Crippen molar-refractivity contribution in [1.82, 2.24) is 5.43 Å². The summed E-state index contributed by atoms with van der Waals surface area (Å²) in [5.74, 6) is 0.356. The van der Waals surface area contributed by atoms with Crippen molar-refractivity contribution in [2.75, 3.05) is 6.61 Å². The number of benzene rings is 2. The first-order chi connectivity index (χ1) is 14.0. The number of nitrogens with one attached hydrogen (secondary N) is 1. The summed E-state index contributed by atoms with van der Waals surface area (Å²) in [5, 5.41) is 5.73. The summed E-state index contributed by atoms with van der Waals surface area (Å²) in [6, 6.07) is 16.1. The largest absolute Gasteiger partial charge is 0.483 e. The lowest BCUT2D eigenvalue weighted by atomic mass is 10.1. The predicted octanol–water partition coefficient (Wildman–Crippen LogP) is 4.11. The highest BCUT2D eigenvalue weighted by molar-refractivity contribution is 7.12. The van der Waals surface area contributed by atoms with E-state index in [1.807, 2.05) is 37.4 Å². The van der Waals surface area contributed by atoms with E-state index >= 15 is 0 Å². The van der Waals surface area contributed by atoms with Crippen LogP contribution in [-0.4, -0.2) is 24.7 Å². The van der Waals surface area contributed by atoms with Gasteiger partial charge in [0.05, 0.1) is 6.21 Å². The van der Waals surface area contributed by atoms with E-state index in [4.69, 9.17) is 9.47 Å². The smallest absolute Gasteiger partial charge is 0.353 e. The number of amides is 1. The molecule has 0 unspecified atom stereocenters. The molecular weight excluding hydrogens is 388 g/mol. The number of rotatable bonds is 7. The predicted molar refractivity (Wildman–Crippen MR) is 113 cm³/mol. The average molecular weight is 408 g/mol.